The fourth-order valence-electron chi connectivity index (χ4n) is 3.26. The molecule has 0 spiro atoms. The van der Waals surface area contributed by atoms with E-state index in [1.165, 1.54) is 12.4 Å². The Bertz CT molecular complexity index is 1000. The number of amides is 1. The van der Waals surface area contributed by atoms with Gasteiger partial charge < -0.3 is 19.9 Å². The van der Waals surface area contributed by atoms with Gasteiger partial charge in [-0.15, -0.1) is 0 Å². The molecule has 1 amide bonds. The average molecular weight is 405 g/mol. The molecular weight excluding hydrogens is 382 g/mol. The van der Waals surface area contributed by atoms with Gasteiger partial charge in [0.15, 0.2) is 0 Å². The fourth-order valence-corrected chi connectivity index (χ4v) is 3.26. The first-order chi connectivity index (χ1) is 14.6. The number of nitrogens with zero attached hydrogens (tertiary/aromatic N) is 6. The molecule has 9 nitrogen and oxygen atoms in total. The van der Waals surface area contributed by atoms with Crippen LogP contribution in [0.25, 0.3) is 0 Å². The van der Waals surface area contributed by atoms with E-state index in [1.807, 2.05) is 37.3 Å². The number of nitrogens with one attached hydrogen (secondary N) is 1. The molecule has 0 radical (unpaired) electrons. The first kappa shape index (κ1) is 19.6. The molecule has 4 rings (SSSR count). The molecule has 0 aliphatic carbocycles. The van der Waals surface area contributed by atoms with Gasteiger partial charge in [-0.3, -0.25) is 9.78 Å². The van der Waals surface area contributed by atoms with E-state index in [4.69, 9.17) is 4.74 Å². The van der Waals surface area contributed by atoms with Gasteiger partial charge in [0.2, 0.25) is 5.95 Å². The number of methoxy groups -OCH3 is 1. The highest BCUT2D eigenvalue weighted by Crippen LogP contribution is 2.21. The number of ether oxygens (including phenoxy) is 1. The van der Waals surface area contributed by atoms with E-state index in [-0.39, 0.29) is 5.91 Å². The van der Waals surface area contributed by atoms with Crippen LogP contribution in [-0.4, -0.2) is 64.0 Å². The van der Waals surface area contributed by atoms with Crippen LogP contribution in [0.2, 0.25) is 0 Å². The van der Waals surface area contributed by atoms with Crippen molar-refractivity contribution in [3.8, 4) is 5.75 Å². The Morgan fingerprint density at radius 2 is 1.83 bits per heavy atom. The van der Waals surface area contributed by atoms with Crippen LogP contribution in [0.1, 0.15) is 16.2 Å². The lowest BCUT2D eigenvalue weighted by Gasteiger charge is -2.34. The lowest BCUT2D eigenvalue weighted by Crippen LogP contribution is -2.49. The van der Waals surface area contributed by atoms with Crippen molar-refractivity contribution >= 4 is 23.4 Å². The summed E-state index contributed by atoms with van der Waals surface area (Å²) in [5.74, 6) is 2.07. The zero-order valence-corrected chi connectivity index (χ0v) is 16.9. The first-order valence-corrected chi connectivity index (χ1v) is 9.69. The van der Waals surface area contributed by atoms with Gasteiger partial charge in [-0.25, -0.2) is 9.97 Å². The van der Waals surface area contributed by atoms with Crippen LogP contribution >= 0.6 is 0 Å². The number of aromatic nitrogens is 4. The Hall–Kier alpha value is -3.75. The lowest BCUT2D eigenvalue weighted by atomic mass is 10.3. The predicted octanol–water partition coefficient (Wildman–Crippen LogP) is 2.29. The summed E-state index contributed by atoms with van der Waals surface area (Å²) in [5, 5.41) is 3.31. The molecule has 1 N–H and O–H groups in total. The van der Waals surface area contributed by atoms with Crippen LogP contribution in [0.15, 0.2) is 48.9 Å². The minimum absolute atomic E-state index is 0.102. The molecule has 1 aliphatic rings. The summed E-state index contributed by atoms with van der Waals surface area (Å²) in [7, 11) is 1.64. The molecule has 154 valence electrons. The summed E-state index contributed by atoms with van der Waals surface area (Å²) >= 11 is 0. The molecular formula is C21H23N7O2. The Balaban J connectivity index is 1.42. The van der Waals surface area contributed by atoms with Crippen LogP contribution in [0.4, 0.5) is 17.5 Å². The van der Waals surface area contributed by atoms with Crippen molar-refractivity contribution in [3.05, 3.63) is 60.3 Å². The molecule has 3 aromatic rings. The van der Waals surface area contributed by atoms with Crippen molar-refractivity contribution in [2.45, 2.75) is 6.92 Å². The summed E-state index contributed by atoms with van der Waals surface area (Å²) < 4.78 is 5.20. The van der Waals surface area contributed by atoms with Crippen molar-refractivity contribution in [2.24, 2.45) is 0 Å². The summed E-state index contributed by atoms with van der Waals surface area (Å²) in [4.78, 5) is 33.8. The normalized spacial score (nSPS) is 13.8. The zero-order chi connectivity index (χ0) is 20.9. The van der Waals surface area contributed by atoms with E-state index in [1.54, 1.807) is 18.2 Å². The number of carbonyl (C=O) groups excluding carboxylic acids is 1. The molecule has 9 heteroatoms. The molecule has 1 aromatic carbocycles. The van der Waals surface area contributed by atoms with Crippen molar-refractivity contribution < 1.29 is 9.53 Å². The van der Waals surface area contributed by atoms with Crippen molar-refractivity contribution in [1.82, 2.24) is 24.8 Å². The molecule has 3 heterocycles. The van der Waals surface area contributed by atoms with Crippen LogP contribution in [0.5, 0.6) is 5.75 Å². The van der Waals surface area contributed by atoms with E-state index in [0.29, 0.717) is 37.8 Å². The predicted molar refractivity (Wildman–Crippen MR) is 113 cm³/mol. The van der Waals surface area contributed by atoms with E-state index in [9.17, 15) is 4.79 Å². The number of hydrogen-bond acceptors (Lipinski definition) is 8. The fraction of sp³-hybridized carbons (Fsp3) is 0.286. The largest absolute Gasteiger partial charge is 0.497 e. The van der Waals surface area contributed by atoms with Gasteiger partial charge >= 0.3 is 0 Å². The smallest absolute Gasteiger partial charge is 0.274 e. The highest BCUT2D eigenvalue weighted by Gasteiger charge is 2.24. The number of piperazine rings is 1. The number of rotatable bonds is 5. The van der Waals surface area contributed by atoms with E-state index in [2.05, 4.69) is 30.2 Å². The zero-order valence-electron chi connectivity index (χ0n) is 16.9. The van der Waals surface area contributed by atoms with Gasteiger partial charge in [0.25, 0.3) is 5.91 Å². The molecule has 0 saturated carbocycles. The number of hydrogen-bond donors (Lipinski definition) is 1. The molecule has 1 aliphatic heterocycles. The van der Waals surface area contributed by atoms with Crippen LogP contribution in [-0.2, 0) is 0 Å². The minimum atomic E-state index is -0.102. The first-order valence-electron chi connectivity index (χ1n) is 9.69. The quantitative estimate of drug-likeness (QED) is 0.691. The van der Waals surface area contributed by atoms with E-state index < -0.39 is 0 Å². The maximum absolute atomic E-state index is 12.6. The topological polar surface area (TPSA) is 96.4 Å². The van der Waals surface area contributed by atoms with Crippen LogP contribution in [0.3, 0.4) is 0 Å². The van der Waals surface area contributed by atoms with Crippen molar-refractivity contribution in [3.63, 3.8) is 0 Å². The second kappa shape index (κ2) is 8.73. The van der Waals surface area contributed by atoms with Crippen LogP contribution < -0.4 is 15.0 Å². The Labute approximate surface area is 174 Å². The Kier molecular flexibility index (Phi) is 5.69. The average Bonchev–Trinajstić information content (AvgIpc) is 2.79. The molecule has 1 fully saturated rings. The van der Waals surface area contributed by atoms with Gasteiger partial charge in [0.05, 0.1) is 13.3 Å². The van der Waals surface area contributed by atoms with E-state index in [0.717, 1.165) is 22.9 Å². The molecule has 0 unspecified atom stereocenters. The molecule has 0 atom stereocenters. The Morgan fingerprint density at radius 3 is 2.50 bits per heavy atom. The summed E-state index contributed by atoms with van der Waals surface area (Å²) in [6.45, 7) is 4.40. The van der Waals surface area contributed by atoms with Crippen molar-refractivity contribution in [2.75, 3.05) is 43.5 Å². The third-order valence-electron chi connectivity index (χ3n) is 4.84. The van der Waals surface area contributed by atoms with Gasteiger partial charge in [0.1, 0.15) is 17.3 Å². The summed E-state index contributed by atoms with van der Waals surface area (Å²) in [6.07, 6.45) is 4.58. The molecule has 0 bridgehead atoms. The highest BCUT2D eigenvalue weighted by atomic mass is 16.5. The lowest BCUT2D eigenvalue weighted by molar-refractivity contribution is 0.0740. The third-order valence-corrected chi connectivity index (χ3v) is 4.84. The molecule has 30 heavy (non-hydrogen) atoms. The second-order valence-electron chi connectivity index (χ2n) is 6.92. The van der Waals surface area contributed by atoms with Gasteiger partial charge in [-0.2, -0.15) is 4.98 Å². The number of benzene rings is 1. The number of anilines is 3. The second-order valence-corrected chi connectivity index (χ2v) is 6.92. The monoisotopic (exact) mass is 405 g/mol. The Morgan fingerprint density at radius 1 is 1.07 bits per heavy atom. The summed E-state index contributed by atoms with van der Waals surface area (Å²) in [6, 6.07) is 9.57. The van der Waals surface area contributed by atoms with E-state index >= 15 is 0 Å². The number of carbonyl (C=O) groups is 1. The van der Waals surface area contributed by atoms with Gasteiger partial charge in [0, 0.05) is 56.0 Å². The maximum atomic E-state index is 12.6. The molecule has 2 aromatic heterocycles. The maximum Gasteiger partial charge on any atom is 0.274 e. The SMILES string of the molecule is COc1ccc(Nc2cc(C)nc(N3CCN(C(=O)c4cnccn4)CC3)n2)cc1. The van der Waals surface area contributed by atoms with Crippen molar-refractivity contribution in [1.29, 1.82) is 0 Å². The van der Waals surface area contributed by atoms with Gasteiger partial charge in [-0.1, -0.05) is 0 Å². The summed E-state index contributed by atoms with van der Waals surface area (Å²) in [5.41, 5.74) is 2.15. The minimum Gasteiger partial charge on any atom is -0.497 e. The van der Waals surface area contributed by atoms with Gasteiger partial charge in [-0.05, 0) is 31.2 Å². The standard InChI is InChI=1S/C21H23N7O2/c1-15-13-19(25-16-3-5-17(30-2)6-4-16)26-21(24-15)28-11-9-27(10-12-28)20(29)18-14-22-7-8-23-18/h3-8,13-14H,9-12H2,1-2H3,(H,24,25,26). The third kappa shape index (κ3) is 4.45. The number of aryl methyl sites for hydroxylation is 1. The highest BCUT2D eigenvalue weighted by molar-refractivity contribution is 5.92. The molecule has 1 saturated heterocycles. The van der Waals surface area contributed by atoms with Crippen LogP contribution in [0, 0.1) is 6.92 Å².